The predicted molar refractivity (Wildman–Crippen MR) is 124 cm³/mol. The van der Waals surface area contributed by atoms with Crippen LogP contribution in [0.2, 0.25) is 0 Å². The maximum absolute atomic E-state index is 6.08. The normalized spacial score (nSPS) is 11.8. The predicted octanol–water partition coefficient (Wildman–Crippen LogP) is 6.08. The molecule has 0 aliphatic rings. The number of benzene rings is 3. The first-order chi connectivity index (χ1) is 14.7. The van der Waals surface area contributed by atoms with Crippen molar-refractivity contribution in [3.63, 3.8) is 0 Å². The van der Waals surface area contributed by atoms with Gasteiger partial charge in [0.1, 0.15) is 6.61 Å². The molecule has 1 N–H and O–H groups in total. The van der Waals surface area contributed by atoms with E-state index in [1.165, 1.54) is 22.3 Å². The van der Waals surface area contributed by atoms with E-state index >= 15 is 0 Å². The van der Waals surface area contributed by atoms with E-state index < -0.39 is 0 Å². The number of nitrogens with one attached hydrogen (secondary N) is 1. The van der Waals surface area contributed by atoms with Crippen molar-refractivity contribution in [2.75, 3.05) is 6.61 Å². The van der Waals surface area contributed by atoms with Gasteiger partial charge in [-0.2, -0.15) is 0 Å². The summed E-state index contributed by atoms with van der Waals surface area (Å²) in [5.74, 6) is 1.60. The van der Waals surface area contributed by atoms with Crippen molar-refractivity contribution < 1.29 is 9.47 Å². The van der Waals surface area contributed by atoms with Crippen LogP contribution in [0.4, 0.5) is 0 Å². The molecule has 0 radical (unpaired) electrons. The van der Waals surface area contributed by atoms with Crippen LogP contribution in [0.5, 0.6) is 11.5 Å². The highest BCUT2D eigenvalue weighted by Gasteiger charge is 2.09. The maximum Gasteiger partial charge on any atom is 0.161 e. The molecule has 0 fully saturated rings. The molecule has 0 bridgehead atoms. The van der Waals surface area contributed by atoms with Crippen LogP contribution < -0.4 is 14.8 Å². The summed E-state index contributed by atoms with van der Waals surface area (Å²) in [6.45, 7) is 8.32. The molecule has 3 aromatic rings. The third kappa shape index (κ3) is 6.64. The lowest BCUT2D eigenvalue weighted by Gasteiger charge is -2.16. The summed E-state index contributed by atoms with van der Waals surface area (Å²) in [5, 5.41) is 3.63. The number of hydrogen-bond acceptors (Lipinski definition) is 3. The molecule has 3 nitrogen and oxygen atoms in total. The lowest BCUT2D eigenvalue weighted by atomic mass is 10.1. The third-order valence-electron chi connectivity index (χ3n) is 5.32. The largest absolute Gasteiger partial charge is 0.490 e. The van der Waals surface area contributed by atoms with Crippen molar-refractivity contribution >= 4 is 0 Å². The summed E-state index contributed by atoms with van der Waals surface area (Å²) in [4.78, 5) is 0. The monoisotopic (exact) mass is 403 g/mol. The third-order valence-corrected chi connectivity index (χ3v) is 5.32. The molecule has 3 rings (SSSR count). The molecule has 0 aromatic heterocycles. The van der Waals surface area contributed by atoms with E-state index in [4.69, 9.17) is 9.47 Å². The second-order valence-corrected chi connectivity index (χ2v) is 7.74. The molecule has 3 aromatic carbocycles. The van der Waals surface area contributed by atoms with Crippen LogP contribution in [-0.4, -0.2) is 12.6 Å². The Morgan fingerprint density at radius 1 is 0.833 bits per heavy atom. The molecule has 1 unspecified atom stereocenters. The summed E-state index contributed by atoms with van der Waals surface area (Å²) in [6.07, 6.45) is 2.20. The van der Waals surface area contributed by atoms with Gasteiger partial charge in [-0.1, -0.05) is 60.7 Å². The standard InChI is InChI=1S/C27H33NO2/c1-4-29-27-18-24(19-28-22(3)14-15-23-11-6-5-7-12-23)16-17-26(27)30-20-25-13-9-8-10-21(25)2/h5-13,16-18,22,28H,4,14-15,19-20H2,1-3H3. The number of ether oxygens (including phenoxy) is 2. The summed E-state index contributed by atoms with van der Waals surface area (Å²) in [5.41, 5.74) is 5.02. The van der Waals surface area contributed by atoms with Crippen LogP contribution >= 0.6 is 0 Å². The Hall–Kier alpha value is -2.78. The minimum absolute atomic E-state index is 0.442. The molecule has 0 saturated carbocycles. The fraction of sp³-hybridized carbons (Fsp3) is 0.333. The van der Waals surface area contributed by atoms with Gasteiger partial charge in [0.15, 0.2) is 11.5 Å². The molecule has 0 amide bonds. The van der Waals surface area contributed by atoms with Crippen molar-refractivity contribution in [2.45, 2.75) is 52.8 Å². The molecule has 0 heterocycles. The number of rotatable bonds is 11. The van der Waals surface area contributed by atoms with Crippen molar-refractivity contribution in [1.29, 1.82) is 0 Å². The van der Waals surface area contributed by atoms with Crippen LogP contribution in [0.25, 0.3) is 0 Å². The van der Waals surface area contributed by atoms with Crippen LogP contribution in [0.15, 0.2) is 72.8 Å². The van der Waals surface area contributed by atoms with Gasteiger partial charge in [0.25, 0.3) is 0 Å². The van der Waals surface area contributed by atoms with Gasteiger partial charge in [0.05, 0.1) is 6.61 Å². The lowest BCUT2D eigenvalue weighted by Crippen LogP contribution is -2.26. The summed E-state index contributed by atoms with van der Waals surface area (Å²) in [7, 11) is 0. The van der Waals surface area contributed by atoms with E-state index in [9.17, 15) is 0 Å². The minimum Gasteiger partial charge on any atom is -0.490 e. The Balaban J connectivity index is 1.55. The molecule has 0 saturated heterocycles. The van der Waals surface area contributed by atoms with Gasteiger partial charge < -0.3 is 14.8 Å². The second kappa shape index (κ2) is 11.4. The summed E-state index contributed by atoms with van der Waals surface area (Å²) >= 11 is 0. The molecule has 0 aliphatic heterocycles. The average Bonchev–Trinajstić information content (AvgIpc) is 2.77. The van der Waals surface area contributed by atoms with E-state index in [1.54, 1.807) is 0 Å². The first kappa shape index (κ1) is 21.9. The zero-order valence-corrected chi connectivity index (χ0v) is 18.4. The molecule has 0 spiro atoms. The molecule has 0 aliphatic carbocycles. The quantitative estimate of drug-likeness (QED) is 0.421. The van der Waals surface area contributed by atoms with E-state index in [0.29, 0.717) is 19.3 Å². The highest BCUT2D eigenvalue weighted by atomic mass is 16.5. The van der Waals surface area contributed by atoms with Crippen molar-refractivity contribution in [1.82, 2.24) is 5.32 Å². The van der Waals surface area contributed by atoms with Gasteiger partial charge >= 0.3 is 0 Å². The van der Waals surface area contributed by atoms with Gasteiger partial charge in [-0.25, -0.2) is 0 Å². The number of aryl methyl sites for hydroxylation is 2. The van der Waals surface area contributed by atoms with Crippen molar-refractivity contribution in [3.8, 4) is 11.5 Å². The highest BCUT2D eigenvalue weighted by molar-refractivity contribution is 5.43. The smallest absolute Gasteiger partial charge is 0.161 e. The zero-order valence-electron chi connectivity index (χ0n) is 18.4. The second-order valence-electron chi connectivity index (χ2n) is 7.74. The van der Waals surface area contributed by atoms with E-state index in [2.05, 4.69) is 73.8 Å². The topological polar surface area (TPSA) is 30.5 Å². The first-order valence-electron chi connectivity index (χ1n) is 10.9. The maximum atomic E-state index is 6.08. The Morgan fingerprint density at radius 3 is 2.37 bits per heavy atom. The Morgan fingerprint density at radius 2 is 1.60 bits per heavy atom. The fourth-order valence-electron chi connectivity index (χ4n) is 3.40. The van der Waals surface area contributed by atoms with E-state index in [0.717, 1.165) is 30.9 Å². The summed E-state index contributed by atoms with van der Waals surface area (Å²) in [6, 6.07) is 25.6. The van der Waals surface area contributed by atoms with Gasteiger partial charge in [-0.05, 0) is 68.0 Å². The van der Waals surface area contributed by atoms with Crippen molar-refractivity contribution in [3.05, 3.63) is 95.1 Å². The summed E-state index contributed by atoms with van der Waals surface area (Å²) < 4.78 is 11.9. The first-order valence-corrected chi connectivity index (χ1v) is 10.9. The van der Waals surface area contributed by atoms with Crippen molar-refractivity contribution in [2.24, 2.45) is 0 Å². The van der Waals surface area contributed by atoms with Crippen LogP contribution in [0, 0.1) is 6.92 Å². The average molecular weight is 404 g/mol. The fourth-order valence-corrected chi connectivity index (χ4v) is 3.40. The van der Waals surface area contributed by atoms with Crippen LogP contribution in [0.3, 0.4) is 0 Å². The molecular weight excluding hydrogens is 370 g/mol. The number of hydrogen-bond donors (Lipinski definition) is 1. The lowest BCUT2D eigenvalue weighted by molar-refractivity contribution is 0.268. The molecule has 30 heavy (non-hydrogen) atoms. The van der Waals surface area contributed by atoms with Gasteiger partial charge in [-0.15, -0.1) is 0 Å². The van der Waals surface area contributed by atoms with Gasteiger partial charge in [-0.3, -0.25) is 0 Å². The van der Waals surface area contributed by atoms with E-state index in [-0.39, 0.29) is 0 Å². The minimum atomic E-state index is 0.442. The molecule has 1 atom stereocenters. The van der Waals surface area contributed by atoms with Gasteiger partial charge in [0.2, 0.25) is 0 Å². The van der Waals surface area contributed by atoms with E-state index in [1.807, 2.05) is 25.1 Å². The SMILES string of the molecule is CCOc1cc(CNC(C)CCc2ccccc2)ccc1OCc1ccccc1C. The van der Waals surface area contributed by atoms with Crippen LogP contribution in [0.1, 0.15) is 42.5 Å². The Bertz CT molecular complexity index is 908. The molecular formula is C27H33NO2. The zero-order chi connectivity index (χ0) is 21.2. The highest BCUT2D eigenvalue weighted by Crippen LogP contribution is 2.29. The molecule has 158 valence electrons. The van der Waals surface area contributed by atoms with Gasteiger partial charge in [0, 0.05) is 12.6 Å². The Labute approximate surface area is 181 Å². The molecule has 3 heteroatoms. The van der Waals surface area contributed by atoms with Crippen LogP contribution in [-0.2, 0) is 19.6 Å². The Kier molecular flexibility index (Phi) is 8.34.